The van der Waals surface area contributed by atoms with Crippen LogP contribution in [0.1, 0.15) is 50.4 Å². The van der Waals surface area contributed by atoms with Crippen LogP contribution in [0.15, 0.2) is 30.3 Å². The molecule has 4 unspecified atom stereocenters. The number of methoxy groups -OCH3 is 1. The molecule has 1 aliphatic rings. The molecule has 10 nitrogen and oxygen atoms in total. The minimum Gasteiger partial charge on any atom is -0.491 e. The average molecular weight is 613 g/mol. The summed E-state index contributed by atoms with van der Waals surface area (Å²) in [6, 6.07) is 5.08. The van der Waals surface area contributed by atoms with Gasteiger partial charge in [0.1, 0.15) is 35.6 Å². The molecule has 4 atom stereocenters. The van der Waals surface area contributed by atoms with Gasteiger partial charge in [0.15, 0.2) is 0 Å². The molecule has 0 saturated heterocycles. The van der Waals surface area contributed by atoms with Gasteiger partial charge in [-0.05, 0) is 57.1 Å². The van der Waals surface area contributed by atoms with Gasteiger partial charge in [-0.1, -0.05) is 6.92 Å². The van der Waals surface area contributed by atoms with Gasteiger partial charge in [0, 0.05) is 57.0 Å². The van der Waals surface area contributed by atoms with E-state index in [2.05, 4.69) is 22.5 Å². The van der Waals surface area contributed by atoms with Crippen molar-refractivity contribution in [3.8, 4) is 5.75 Å². The number of anilines is 2. The number of aliphatic hydroxyl groups is 1. The van der Waals surface area contributed by atoms with E-state index < -0.39 is 38.9 Å². The lowest BCUT2D eigenvalue weighted by Gasteiger charge is -2.28. The molecule has 1 saturated carbocycles. The van der Waals surface area contributed by atoms with Crippen LogP contribution in [-0.4, -0.2) is 76.2 Å². The lowest BCUT2D eigenvalue weighted by atomic mass is 9.95. The number of aromatic nitrogens is 1. The molecule has 42 heavy (non-hydrogen) atoms. The standard InChI is InChI=1S/C29H42F2N4O6S/c1-18(2)42(38,39)35(4)28-11-21(10-27(34-28)32-15-22-9-19(22)3)29(37)33-26(20(16-40-5)7-6-8-36)17-41-25-13-23(30)12-24(31)14-25/h10-14,18-20,22,26,36H,6-9,15-17H2,1-5H3,(H,32,34)(H,33,37). The number of hydrogen-bond acceptors (Lipinski definition) is 8. The zero-order chi connectivity index (χ0) is 31.0. The Balaban J connectivity index is 1.91. The summed E-state index contributed by atoms with van der Waals surface area (Å²) in [7, 11) is -0.828. The van der Waals surface area contributed by atoms with Gasteiger partial charge in [-0.2, -0.15) is 0 Å². The SMILES string of the molecule is COCC(CCCO)C(COc1cc(F)cc(F)c1)NC(=O)c1cc(NCC2CC2C)nc(N(C)S(=O)(=O)C(C)C)c1. The Labute approximate surface area is 246 Å². The normalized spacial score (nSPS) is 17.9. The number of hydrogen-bond donors (Lipinski definition) is 3. The van der Waals surface area contributed by atoms with Crippen molar-refractivity contribution in [3.63, 3.8) is 0 Å². The Morgan fingerprint density at radius 3 is 2.40 bits per heavy atom. The quantitative estimate of drug-likeness (QED) is 0.246. The van der Waals surface area contributed by atoms with Crippen molar-refractivity contribution in [3.05, 3.63) is 47.5 Å². The maximum absolute atomic E-state index is 13.7. The van der Waals surface area contributed by atoms with E-state index in [1.54, 1.807) is 19.9 Å². The summed E-state index contributed by atoms with van der Waals surface area (Å²) >= 11 is 0. The molecular formula is C29H42F2N4O6S. The predicted octanol–water partition coefficient (Wildman–Crippen LogP) is 3.81. The van der Waals surface area contributed by atoms with E-state index in [1.165, 1.54) is 20.2 Å². The number of ether oxygens (including phenoxy) is 2. The minimum absolute atomic E-state index is 0.0439. The fourth-order valence-corrected chi connectivity index (χ4v) is 5.56. The molecule has 0 bridgehead atoms. The number of halogens is 2. The number of rotatable bonds is 17. The van der Waals surface area contributed by atoms with Gasteiger partial charge in [-0.3, -0.25) is 9.10 Å². The number of carbonyl (C=O) groups is 1. The van der Waals surface area contributed by atoms with E-state index in [0.717, 1.165) is 28.9 Å². The van der Waals surface area contributed by atoms with Crippen molar-refractivity contribution in [2.75, 3.05) is 50.1 Å². The Bertz CT molecular complexity index is 1290. The second-order valence-electron chi connectivity index (χ2n) is 11.1. The van der Waals surface area contributed by atoms with Crippen LogP contribution < -0.4 is 19.7 Å². The molecule has 0 aliphatic heterocycles. The summed E-state index contributed by atoms with van der Waals surface area (Å²) in [5, 5.41) is 14.9. The third kappa shape index (κ3) is 9.23. The highest BCUT2D eigenvalue weighted by Crippen LogP contribution is 2.37. The molecule has 3 N–H and O–H groups in total. The largest absolute Gasteiger partial charge is 0.491 e. The third-order valence-electron chi connectivity index (χ3n) is 7.46. The number of nitrogens with one attached hydrogen (secondary N) is 2. The number of benzene rings is 1. The fourth-order valence-electron chi connectivity index (χ4n) is 4.58. The molecule has 1 aromatic heterocycles. The lowest BCUT2D eigenvalue weighted by Crippen LogP contribution is -2.46. The molecule has 1 heterocycles. The topological polar surface area (TPSA) is 130 Å². The number of nitrogens with zero attached hydrogens (tertiary/aromatic N) is 2. The van der Waals surface area contributed by atoms with E-state index >= 15 is 0 Å². The Morgan fingerprint density at radius 1 is 1.17 bits per heavy atom. The molecule has 13 heteroatoms. The fraction of sp³-hybridized carbons (Fsp3) is 0.586. The van der Waals surface area contributed by atoms with Crippen LogP contribution in [-0.2, 0) is 14.8 Å². The van der Waals surface area contributed by atoms with Crippen molar-refractivity contribution >= 4 is 27.6 Å². The van der Waals surface area contributed by atoms with E-state index in [1.807, 2.05) is 0 Å². The first-order chi connectivity index (χ1) is 19.8. The lowest BCUT2D eigenvalue weighted by molar-refractivity contribution is 0.0786. The molecule has 0 spiro atoms. The van der Waals surface area contributed by atoms with Crippen LogP contribution in [0.5, 0.6) is 5.75 Å². The molecule has 234 valence electrons. The summed E-state index contributed by atoms with van der Waals surface area (Å²) in [5.74, 6) is -0.993. The molecule has 1 fully saturated rings. The van der Waals surface area contributed by atoms with Crippen LogP contribution in [0.3, 0.4) is 0 Å². The zero-order valence-electron chi connectivity index (χ0n) is 24.8. The maximum Gasteiger partial charge on any atom is 0.251 e. The molecule has 1 aromatic carbocycles. The molecule has 1 amide bonds. The Kier molecular flexibility index (Phi) is 11.9. The Hall–Kier alpha value is -3.03. The molecule has 1 aliphatic carbocycles. The van der Waals surface area contributed by atoms with Crippen LogP contribution in [0.25, 0.3) is 0 Å². The Morgan fingerprint density at radius 2 is 1.83 bits per heavy atom. The monoisotopic (exact) mass is 612 g/mol. The van der Waals surface area contributed by atoms with Gasteiger partial charge in [0.25, 0.3) is 5.91 Å². The van der Waals surface area contributed by atoms with Gasteiger partial charge in [0.05, 0.1) is 17.9 Å². The van der Waals surface area contributed by atoms with Gasteiger partial charge < -0.3 is 25.2 Å². The number of carbonyl (C=O) groups excluding carboxylic acids is 1. The van der Waals surface area contributed by atoms with Crippen molar-refractivity contribution in [2.45, 2.75) is 51.3 Å². The van der Waals surface area contributed by atoms with E-state index in [-0.39, 0.29) is 42.9 Å². The van der Waals surface area contributed by atoms with Crippen LogP contribution in [0.2, 0.25) is 0 Å². The van der Waals surface area contributed by atoms with Crippen molar-refractivity contribution < 1.29 is 36.6 Å². The zero-order valence-corrected chi connectivity index (χ0v) is 25.6. The maximum atomic E-state index is 13.7. The second kappa shape index (κ2) is 14.9. The number of pyridine rings is 1. The van der Waals surface area contributed by atoms with Crippen molar-refractivity contribution in [1.82, 2.24) is 10.3 Å². The molecule has 3 rings (SSSR count). The number of amides is 1. The molecule has 2 aromatic rings. The van der Waals surface area contributed by atoms with Crippen molar-refractivity contribution in [1.29, 1.82) is 0 Å². The average Bonchev–Trinajstić information content (AvgIpc) is 3.65. The highest BCUT2D eigenvalue weighted by molar-refractivity contribution is 7.93. The minimum atomic E-state index is -3.73. The van der Waals surface area contributed by atoms with Gasteiger partial charge in [0.2, 0.25) is 10.0 Å². The molecular weight excluding hydrogens is 570 g/mol. The van der Waals surface area contributed by atoms with E-state index in [9.17, 15) is 27.1 Å². The van der Waals surface area contributed by atoms with E-state index in [0.29, 0.717) is 37.0 Å². The summed E-state index contributed by atoms with van der Waals surface area (Å²) in [6.07, 6.45) is 1.98. The number of aliphatic hydroxyl groups excluding tert-OH is 1. The highest BCUT2D eigenvalue weighted by Gasteiger charge is 2.32. The van der Waals surface area contributed by atoms with Gasteiger partial charge in [-0.25, -0.2) is 22.2 Å². The summed E-state index contributed by atoms with van der Waals surface area (Å²) < 4.78 is 65.4. The predicted molar refractivity (Wildman–Crippen MR) is 157 cm³/mol. The van der Waals surface area contributed by atoms with Gasteiger partial charge in [-0.15, -0.1) is 0 Å². The van der Waals surface area contributed by atoms with Crippen molar-refractivity contribution in [2.24, 2.45) is 17.8 Å². The van der Waals surface area contributed by atoms with Crippen LogP contribution in [0.4, 0.5) is 20.4 Å². The van der Waals surface area contributed by atoms with E-state index in [4.69, 9.17) is 9.47 Å². The smallest absolute Gasteiger partial charge is 0.251 e. The third-order valence-corrected chi connectivity index (χ3v) is 9.60. The first-order valence-electron chi connectivity index (χ1n) is 14.1. The van der Waals surface area contributed by atoms with Gasteiger partial charge >= 0.3 is 0 Å². The molecule has 0 radical (unpaired) electrons. The first kappa shape index (κ1) is 33.5. The van der Waals surface area contributed by atoms with Crippen LogP contribution in [0, 0.1) is 29.4 Å². The second-order valence-corrected chi connectivity index (χ2v) is 13.6. The van der Waals surface area contributed by atoms with Crippen LogP contribution >= 0.6 is 0 Å². The summed E-state index contributed by atoms with van der Waals surface area (Å²) in [4.78, 5) is 18.1. The number of sulfonamides is 1. The summed E-state index contributed by atoms with van der Waals surface area (Å²) in [6.45, 7) is 5.91. The highest BCUT2D eigenvalue weighted by atomic mass is 32.2. The first-order valence-corrected chi connectivity index (χ1v) is 15.6. The summed E-state index contributed by atoms with van der Waals surface area (Å²) in [5.41, 5.74) is 0.164.